The van der Waals surface area contributed by atoms with Gasteiger partial charge in [0.15, 0.2) is 0 Å². The lowest BCUT2D eigenvalue weighted by molar-refractivity contribution is -0.137. The molecule has 2 unspecified atom stereocenters. The molecule has 0 saturated heterocycles. The standard InChI is InChI=1S/C25H38N4O4/c1-15(2)14-33-23-20(13-26-29(23)7-6-24(4,5)28-16(3)30)22(31)27-21-18-8-17-9-19(21)12-25(32,10-17)11-18/h6-7,13,15,17-19,21,32H,8-12,14H2,1-5H3,(H,27,31)(H,28,30)/b7-6+/t17?,18?,19?,21-,25-. The summed E-state index contributed by atoms with van der Waals surface area (Å²) >= 11 is 0. The van der Waals surface area contributed by atoms with Gasteiger partial charge in [-0.3, -0.25) is 9.59 Å². The van der Waals surface area contributed by atoms with Crippen LogP contribution >= 0.6 is 0 Å². The van der Waals surface area contributed by atoms with Crippen LogP contribution < -0.4 is 15.4 Å². The largest absolute Gasteiger partial charge is 0.477 e. The SMILES string of the molecule is CC(=O)NC(C)(C)/C=C/n1ncc(C(=O)N[C@H]2C3CC4CC2C[C@](O)(C4)C3)c1OCC(C)C. The highest BCUT2D eigenvalue weighted by Crippen LogP contribution is 2.55. The Morgan fingerprint density at radius 2 is 1.97 bits per heavy atom. The molecule has 0 spiro atoms. The zero-order valence-corrected chi connectivity index (χ0v) is 20.4. The number of rotatable bonds is 8. The van der Waals surface area contributed by atoms with Crippen LogP contribution in [0, 0.1) is 23.7 Å². The first-order valence-corrected chi connectivity index (χ1v) is 12.2. The molecule has 4 fully saturated rings. The molecule has 4 aliphatic carbocycles. The van der Waals surface area contributed by atoms with E-state index in [0.29, 0.717) is 35.8 Å². The number of ether oxygens (including phenoxy) is 1. The second kappa shape index (κ2) is 8.78. The molecule has 5 rings (SSSR count). The Kier molecular flexibility index (Phi) is 6.33. The van der Waals surface area contributed by atoms with Crippen molar-refractivity contribution in [2.24, 2.45) is 23.7 Å². The highest BCUT2D eigenvalue weighted by molar-refractivity contribution is 5.96. The minimum atomic E-state index is -0.573. The van der Waals surface area contributed by atoms with E-state index in [1.165, 1.54) is 6.92 Å². The minimum absolute atomic E-state index is 0.0878. The van der Waals surface area contributed by atoms with Gasteiger partial charge in [-0.1, -0.05) is 13.8 Å². The van der Waals surface area contributed by atoms with Crippen molar-refractivity contribution < 1.29 is 19.4 Å². The third-order valence-electron chi connectivity index (χ3n) is 7.22. The molecular formula is C25H38N4O4. The van der Waals surface area contributed by atoms with Gasteiger partial charge < -0.3 is 20.5 Å². The zero-order valence-electron chi connectivity index (χ0n) is 20.4. The highest BCUT2D eigenvalue weighted by Gasteiger charge is 2.55. The van der Waals surface area contributed by atoms with Crippen molar-refractivity contribution in [3.05, 3.63) is 17.8 Å². The number of nitrogens with one attached hydrogen (secondary N) is 2. The lowest BCUT2D eigenvalue weighted by Gasteiger charge is -2.58. The average molecular weight is 459 g/mol. The summed E-state index contributed by atoms with van der Waals surface area (Å²) in [7, 11) is 0. The zero-order chi connectivity index (χ0) is 24.0. The molecule has 4 aliphatic rings. The van der Waals surface area contributed by atoms with Crippen molar-refractivity contribution in [3.63, 3.8) is 0 Å². The predicted octanol–water partition coefficient (Wildman–Crippen LogP) is 2.97. The number of carbonyl (C=O) groups excluding carboxylic acids is 2. The fourth-order valence-corrected chi connectivity index (χ4v) is 6.20. The van der Waals surface area contributed by atoms with Gasteiger partial charge in [-0.15, -0.1) is 0 Å². The topological polar surface area (TPSA) is 105 Å². The molecule has 1 heterocycles. The van der Waals surface area contributed by atoms with Crippen molar-refractivity contribution in [1.29, 1.82) is 0 Å². The lowest BCUT2D eigenvalue weighted by atomic mass is 9.52. The van der Waals surface area contributed by atoms with Gasteiger partial charge in [-0.25, -0.2) is 4.68 Å². The molecule has 3 N–H and O–H groups in total. The van der Waals surface area contributed by atoms with Crippen LogP contribution in [0.2, 0.25) is 0 Å². The number of amides is 2. The first-order valence-electron chi connectivity index (χ1n) is 12.2. The summed E-state index contributed by atoms with van der Waals surface area (Å²) in [5.74, 6) is 1.64. The molecule has 182 valence electrons. The van der Waals surface area contributed by atoms with Gasteiger partial charge in [0.2, 0.25) is 11.8 Å². The van der Waals surface area contributed by atoms with E-state index < -0.39 is 11.1 Å². The van der Waals surface area contributed by atoms with E-state index in [0.717, 1.165) is 32.1 Å². The molecule has 0 radical (unpaired) electrons. The molecule has 33 heavy (non-hydrogen) atoms. The number of carbonyl (C=O) groups is 2. The molecule has 2 amide bonds. The van der Waals surface area contributed by atoms with E-state index in [2.05, 4.69) is 29.6 Å². The molecule has 2 atom stereocenters. The summed E-state index contributed by atoms with van der Waals surface area (Å²) in [4.78, 5) is 24.8. The van der Waals surface area contributed by atoms with Gasteiger partial charge in [0.25, 0.3) is 5.91 Å². The van der Waals surface area contributed by atoms with Gasteiger partial charge in [0, 0.05) is 19.2 Å². The monoisotopic (exact) mass is 458 g/mol. The molecule has 4 saturated carbocycles. The lowest BCUT2D eigenvalue weighted by Crippen LogP contribution is -2.61. The number of nitrogens with zero attached hydrogens (tertiary/aromatic N) is 2. The fourth-order valence-electron chi connectivity index (χ4n) is 6.20. The van der Waals surface area contributed by atoms with Crippen LogP contribution in [0.5, 0.6) is 5.88 Å². The predicted molar refractivity (Wildman–Crippen MR) is 126 cm³/mol. The maximum atomic E-state index is 13.4. The molecule has 8 nitrogen and oxygen atoms in total. The van der Waals surface area contributed by atoms with E-state index in [-0.39, 0.29) is 23.8 Å². The summed E-state index contributed by atoms with van der Waals surface area (Å²) in [6.07, 6.45) is 9.74. The van der Waals surface area contributed by atoms with E-state index in [1.807, 2.05) is 19.9 Å². The van der Waals surface area contributed by atoms with E-state index in [1.54, 1.807) is 17.1 Å². The minimum Gasteiger partial charge on any atom is -0.477 e. The molecule has 4 bridgehead atoms. The highest BCUT2D eigenvalue weighted by atomic mass is 16.5. The Hall–Kier alpha value is -2.35. The maximum absolute atomic E-state index is 13.4. The van der Waals surface area contributed by atoms with Crippen LogP contribution in [0.25, 0.3) is 6.20 Å². The third-order valence-corrected chi connectivity index (χ3v) is 7.22. The van der Waals surface area contributed by atoms with Crippen LogP contribution in [-0.2, 0) is 4.79 Å². The third kappa shape index (κ3) is 5.26. The molecule has 1 aromatic heterocycles. The molecule has 0 aromatic carbocycles. The second-order valence-corrected chi connectivity index (χ2v) is 11.4. The summed E-state index contributed by atoms with van der Waals surface area (Å²) in [6.45, 7) is 9.81. The van der Waals surface area contributed by atoms with Gasteiger partial charge in [-0.05, 0) is 75.7 Å². The second-order valence-electron chi connectivity index (χ2n) is 11.4. The number of aliphatic hydroxyl groups is 1. The van der Waals surface area contributed by atoms with Crippen LogP contribution in [0.15, 0.2) is 12.3 Å². The van der Waals surface area contributed by atoms with Gasteiger partial charge in [0.1, 0.15) is 5.56 Å². The fraction of sp³-hybridized carbons (Fsp3) is 0.720. The first kappa shape index (κ1) is 23.8. The Morgan fingerprint density at radius 1 is 1.30 bits per heavy atom. The Bertz CT molecular complexity index is 919. The van der Waals surface area contributed by atoms with E-state index in [9.17, 15) is 14.7 Å². The van der Waals surface area contributed by atoms with Crippen LogP contribution in [0.1, 0.15) is 77.1 Å². The van der Waals surface area contributed by atoms with Crippen LogP contribution in [-0.4, -0.2) is 50.5 Å². The summed E-state index contributed by atoms with van der Waals surface area (Å²) < 4.78 is 7.58. The van der Waals surface area contributed by atoms with Crippen molar-refractivity contribution in [3.8, 4) is 5.88 Å². The van der Waals surface area contributed by atoms with Gasteiger partial charge in [0.05, 0.1) is 23.9 Å². The summed E-state index contributed by atoms with van der Waals surface area (Å²) in [5.41, 5.74) is -0.694. The molecule has 8 heteroatoms. The van der Waals surface area contributed by atoms with Crippen LogP contribution in [0.3, 0.4) is 0 Å². The Balaban J connectivity index is 1.53. The Labute approximate surface area is 196 Å². The summed E-state index contributed by atoms with van der Waals surface area (Å²) in [5, 5.41) is 21.4. The molecule has 0 aliphatic heterocycles. The van der Waals surface area contributed by atoms with Gasteiger partial charge >= 0.3 is 0 Å². The number of aromatic nitrogens is 2. The Morgan fingerprint density at radius 3 is 2.55 bits per heavy atom. The van der Waals surface area contributed by atoms with Crippen molar-refractivity contribution in [1.82, 2.24) is 20.4 Å². The maximum Gasteiger partial charge on any atom is 0.258 e. The smallest absolute Gasteiger partial charge is 0.258 e. The van der Waals surface area contributed by atoms with E-state index in [4.69, 9.17) is 4.74 Å². The number of hydrogen-bond donors (Lipinski definition) is 3. The first-order chi connectivity index (χ1) is 15.4. The summed E-state index contributed by atoms with van der Waals surface area (Å²) in [6, 6.07) is 0.0878. The van der Waals surface area contributed by atoms with E-state index >= 15 is 0 Å². The molecule has 1 aromatic rings. The molecular weight excluding hydrogens is 420 g/mol. The normalized spacial score (nSPS) is 30.8. The van der Waals surface area contributed by atoms with Crippen molar-refractivity contribution in [2.45, 2.75) is 83.9 Å². The van der Waals surface area contributed by atoms with Gasteiger partial charge in [-0.2, -0.15) is 5.10 Å². The van der Waals surface area contributed by atoms with Crippen molar-refractivity contribution in [2.75, 3.05) is 6.61 Å². The quantitative estimate of drug-likeness (QED) is 0.555. The number of hydrogen-bond acceptors (Lipinski definition) is 5. The van der Waals surface area contributed by atoms with Crippen molar-refractivity contribution >= 4 is 18.0 Å². The van der Waals surface area contributed by atoms with Crippen LogP contribution in [0.4, 0.5) is 0 Å². The average Bonchev–Trinajstić information content (AvgIpc) is 3.08.